The zero-order valence-corrected chi connectivity index (χ0v) is 55.3. The van der Waals surface area contributed by atoms with Crippen molar-refractivity contribution in [2.24, 2.45) is 5.92 Å². The van der Waals surface area contributed by atoms with Gasteiger partial charge >= 0.3 is 39.5 Å². The van der Waals surface area contributed by atoms with Crippen molar-refractivity contribution in [3.8, 4) is 0 Å². The van der Waals surface area contributed by atoms with E-state index in [9.17, 15) is 43.2 Å². The van der Waals surface area contributed by atoms with Gasteiger partial charge in [0, 0.05) is 25.7 Å². The molecule has 0 saturated heterocycles. The van der Waals surface area contributed by atoms with Gasteiger partial charge in [-0.2, -0.15) is 0 Å². The molecule has 0 rings (SSSR count). The highest BCUT2D eigenvalue weighted by atomic mass is 31.2. The van der Waals surface area contributed by atoms with Gasteiger partial charge in [-0.25, -0.2) is 9.13 Å². The van der Waals surface area contributed by atoms with Crippen molar-refractivity contribution in [1.29, 1.82) is 0 Å². The van der Waals surface area contributed by atoms with Gasteiger partial charge in [0.25, 0.3) is 0 Å². The Morgan fingerprint density at radius 2 is 0.643 bits per heavy atom. The Hall–Kier alpha value is -2.46. The highest BCUT2D eigenvalue weighted by Gasteiger charge is 2.30. The van der Waals surface area contributed by atoms with Crippen LogP contribution in [0.3, 0.4) is 0 Å². The number of unbranched alkanes of at least 4 members (excludes halogenated alkanes) is 32. The van der Waals surface area contributed by atoms with Crippen molar-refractivity contribution in [1.82, 2.24) is 0 Å². The van der Waals surface area contributed by atoms with Crippen molar-refractivity contribution >= 4 is 39.5 Å². The highest BCUT2D eigenvalue weighted by Crippen LogP contribution is 2.45. The summed E-state index contributed by atoms with van der Waals surface area (Å²) in [6.45, 7) is 7.06. The largest absolute Gasteiger partial charge is 0.472 e. The van der Waals surface area contributed by atoms with Crippen LogP contribution in [0.2, 0.25) is 0 Å². The van der Waals surface area contributed by atoms with Crippen LogP contribution in [-0.2, 0) is 65.4 Å². The van der Waals surface area contributed by atoms with Gasteiger partial charge in [-0.15, -0.1) is 0 Å². The minimum atomic E-state index is -4.95. The number of ether oxygens (including phenoxy) is 4. The molecule has 0 aliphatic carbocycles. The monoisotopic (exact) mass is 1240 g/mol. The summed E-state index contributed by atoms with van der Waals surface area (Å²) in [6.07, 6.45) is 45.3. The average molecular weight is 1240 g/mol. The highest BCUT2D eigenvalue weighted by molar-refractivity contribution is 7.47. The molecule has 0 aromatic rings. The summed E-state index contributed by atoms with van der Waals surface area (Å²) in [7, 11) is -9.90. The number of aliphatic hydroxyl groups is 1. The predicted octanol–water partition coefficient (Wildman–Crippen LogP) is 17.7. The van der Waals surface area contributed by atoms with E-state index in [-0.39, 0.29) is 25.7 Å². The van der Waals surface area contributed by atoms with E-state index >= 15 is 0 Å². The molecule has 0 aromatic heterocycles. The van der Waals surface area contributed by atoms with Gasteiger partial charge in [0.2, 0.25) is 0 Å². The summed E-state index contributed by atoms with van der Waals surface area (Å²) in [6, 6.07) is 0. The molecule has 5 atom stereocenters. The second kappa shape index (κ2) is 58.2. The van der Waals surface area contributed by atoms with Crippen LogP contribution in [0.5, 0.6) is 0 Å². The van der Waals surface area contributed by atoms with Crippen LogP contribution < -0.4 is 0 Å². The molecule has 0 amide bonds. The van der Waals surface area contributed by atoms with E-state index in [2.05, 4.69) is 58.9 Å². The predicted molar refractivity (Wildman–Crippen MR) is 335 cm³/mol. The van der Waals surface area contributed by atoms with Crippen molar-refractivity contribution in [3.05, 3.63) is 24.3 Å². The van der Waals surface area contributed by atoms with Crippen LogP contribution in [0.25, 0.3) is 0 Å². The maximum atomic E-state index is 13.0. The van der Waals surface area contributed by atoms with Crippen molar-refractivity contribution in [2.45, 2.75) is 323 Å². The van der Waals surface area contributed by atoms with Gasteiger partial charge in [0.05, 0.1) is 26.4 Å². The summed E-state index contributed by atoms with van der Waals surface area (Å²) in [5.74, 6) is -1.44. The van der Waals surface area contributed by atoms with Crippen LogP contribution in [0.1, 0.15) is 304 Å². The number of phosphoric ester groups is 2. The lowest BCUT2D eigenvalue weighted by Crippen LogP contribution is -2.30. The van der Waals surface area contributed by atoms with E-state index in [1.165, 1.54) is 103 Å². The Labute approximate surface area is 510 Å². The fraction of sp³-hybridized carbons (Fsp3) is 0.877. The quantitative estimate of drug-likeness (QED) is 0.0169. The number of carbonyl (C=O) groups excluding carboxylic acids is 4. The summed E-state index contributed by atoms with van der Waals surface area (Å²) < 4.78 is 67.9. The number of hydrogen-bond donors (Lipinski definition) is 3. The van der Waals surface area contributed by atoms with E-state index < -0.39 is 97.5 Å². The SMILES string of the molecule is CCCCCC/C=C\C=C/CCCCCCCC(=O)O[C@H](COC(=O)CCCCCCCCCCC(C)C)COP(=O)(O)OC[C@@H](O)COP(=O)(O)OC[C@@H](COC(=O)CCCCCCCCCC)OC(=O)CCCCCCCCCCCC. The fourth-order valence-corrected chi connectivity index (χ4v) is 10.8. The molecule has 0 aromatic carbocycles. The first-order valence-corrected chi connectivity index (χ1v) is 36.4. The fourth-order valence-electron chi connectivity index (χ4n) is 9.22. The lowest BCUT2D eigenvalue weighted by Gasteiger charge is -2.21. The first kappa shape index (κ1) is 81.5. The summed E-state index contributed by atoms with van der Waals surface area (Å²) in [5.41, 5.74) is 0. The standard InChI is InChI=1S/C65H122O17P2/c1-6-9-12-15-18-21-23-24-25-26-27-29-36-41-46-51-65(70)82-61(55-76-63(68)49-44-39-34-31-30-32-37-42-47-58(4)5)57-80-84(73,74)78-53-59(66)52-77-83(71,72)79-56-60(54-75-62(67)48-43-38-33-20-17-14-11-8-3)81-64(69)50-45-40-35-28-22-19-16-13-10-7-2/h21,23-25,58-61,66H,6-20,22,26-57H2,1-5H3,(H,71,72)(H,73,74)/b23-21-,25-24-/t59-,60+,61+/m0/s1. The van der Waals surface area contributed by atoms with Crippen LogP contribution in [0, 0.1) is 5.92 Å². The summed E-state index contributed by atoms with van der Waals surface area (Å²) >= 11 is 0. The first-order valence-electron chi connectivity index (χ1n) is 33.5. The second-order valence-corrected chi connectivity index (χ2v) is 26.2. The number of rotatable bonds is 63. The number of esters is 4. The van der Waals surface area contributed by atoms with Gasteiger partial charge in [-0.1, -0.05) is 252 Å². The number of aliphatic hydroxyl groups excluding tert-OH is 1. The zero-order valence-electron chi connectivity index (χ0n) is 53.5. The van der Waals surface area contributed by atoms with E-state index in [0.717, 1.165) is 121 Å². The third kappa shape index (κ3) is 58.6. The molecule has 0 heterocycles. The minimum absolute atomic E-state index is 0.0845. The molecule has 0 saturated carbocycles. The maximum absolute atomic E-state index is 13.0. The van der Waals surface area contributed by atoms with Gasteiger partial charge in [0.1, 0.15) is 19.3 Å². The van der Waals surface area contributed by atoms with Crippen LogP contribution >= 0.6 is 15.6 Å². The topological polar surface area (TPSA) is 237 Å². The normalized spacial score (nSPS) is 14.4. The summed E-state index contributed by atoms with van der Waals surface area (Å²) in [5, 5.41) is 10.5. The molecule has 84 heavy (non-hydrogen) atoms. The third-order valence-corrected chi connectivity index (χ3v) is 16.3. The zero-order chi connectivity index (χ0) is 62.0. The van der Waals surface area contributed by atoms with E-state index in [4.69, 9.17) is 37.0 Å². The summed E-state index contributed by atoms with van der Waals surface area (Å²) in [4.78, 5) is 72.1. The molecular formula is C65H122O17P2. The van der Waals surface area contributed by atoms with Gasteiger partial charge in [-0.05, 0) is 57.3 Å². The molecule has 3 N–H and O–H groups in total. The van der Waals surface area contributed by atoms with Gasteiger partial charge in [-0.3, -0.25) is 37.3 Å². The molecule has 494 valence electrons. The Kier molecular flexibility index (Phi) is 56.5. The molecule has 0 radical (unpaired) electrons. The number of carbonyl (C=O) groups is 4. The Morgan fingerprint density at radius 1 is 0.369 bits per heavy atom. The Bertz CT molecular complexity index is 1730. The Morgan fingerprint density at radius 3 is 0.976 bits per heavy atom. The Balaban J connectivity index is 5.26. The van der Waals surface area contributed by atoms with Crippen LogP contribution in [-0.4, -0.2) is 96.7 Å². The van der Waals surface area contributed by atoms with E-state index in [0.29, 0.717) is 25.7 Å². The van der Waals surface area contributed by atoms with Crippen LogP contribution in [0.4, 0.5) is 0 Å². The van der Waals surface area contributed by atoms with Gasteiger partial charge in [0.15, 0.2) is 12.2 Å². The van der Waals surface area contributed by atoms with Crippen molar-refractivity contribution in [3.63, 3.8) is 0 Å². The van der Waals surface area contributed by atoms with Gasteiger partial charge < -0.3 is 33.8 Å². The number of phosphoric acid groups is 2. The number of hydrogen-bond acceptors (Lipinski definition) is 15. The molecule has 0 spiro atoms. The molecule has 0 aliphatic rings. The van der Waals surface area contributed by atoms with E-state index in [1.54, 1.807) is 0 Å². The minimum Gasteiger partial charge on any atom is -0.462 e. The lowest BCUT2D eigenvalue weighted by atomic mass is 10.0. The molecule has 0 fully saturated rings. The van der Waals surface area contributed by atoms with E-state index in [1.807, 2.05) is 0 Å². The molecule has 2 unspecified atom stereocenters. The molecule has 19 heteroatoms. The molecule has 0 bridgehead atoms. The van der Waals surface area contributed by atoms with Crippen molar-refractivity contribution in [2.75, 3.05) is 39.6 Å². The van der Waals surface area contributed by atoms with Crippen molar-refractivity contribution < 1.29 is 80.2 Å². The second-order valence-electron chi connectivity index (χ2n) is 23.3. The molecule has 0 aliphatic heterocycles. The maximum Gasteiger partial charge on any atom is 0.472 e. The van der Waals surface area contributed by atoms with Crippen LogP contribution in [0.15, 0.2) is 24.3 Å². The average Bonchev–Trinajstić information content (AvgIpc) is 3.60. The lowest BCUT2D eigenvalue weighted by molar-refractivity contribution is -0.161. The number of allylic oxidation sites excluding steroid dienone is 4. The smallest absolute Gasteiger partial charge is 0.462 e. The molecular weight excluding hydrogens is 1110 g/mol. The molecule has 17 nitrogen and oxygen atoms in total. The third-order valence-electron chi connectivity index (χ3n) is 14.4. The first-order chi connectivity index (χ1) is 40.5.